The molecule has 6 nitrogen and oxygen atoms in total. The lowest BCUT2D eigenvalue weighted by atomic mass is 10.1. The first-order valence-electron chi connectivity index (χ1n) is 9.51. The van der Waals surface area contributed by atoms with E-state index in [1.54, 1.807) is 17.0 Å². The number of carbonyl (C=O) groups is 2. The fourth-order valence-electron chi connectivity index (χ4n) is 3.21. The molecule has 1 saturated heterocycles. The summed E-state index contributed by atoms with van der Waals surface area (Å²) in [6.45, 7) is 3.19. The summed E-state index contributed by atoms with van der Waals surface area (Å²) in [5.74, 6) is 0.627. The second-order valence-corrected chi connectivity index (χ2v) is 6.91. The minimum absolute atomic E-state index is 0.0332. The number of rotatable bonds is 6. The van der Waals surface area contributed by atoms with Crippen LogP contribution in [0.5, 0.6) is 5.75 Å². The standard InChI is InChI=1S/C21H22F3N3O3/c1-2-30-18-9-7-17(8-10-18)27-13-14(11-19(27)28)12-25-20(29)26-16-5-3-15(4-6-16)21(22,23)24/h3-10,14H,2,11-13H2,1H3,(H2,25,26,29)/t14-/m0/s1. The Hall–Kier alpha value is -3.23. The summed E-state index contributed by atoms with van der Waals surface area (Å²) in [5.41, 5.74) is 0.228. The largest absolute Gasteiger partial charge is 0.494 e. The van der Waals surface area contributed by atoms with Crippen molar-refractivity contribution in [2.24, 2.45) is 5.92 Å². The van der Waals surface area contributed by atoms with Gasteiger partial charge < -0.3 is 20.3 Å². The molecule has 160 valence electrons. The van der Waals surface area contributed by atoms with E-state index in [0.717, 1.165) is 23.6 Å². The van der Waals surface area contributed by atoms with Crippen molar-refractivity contribution in [1.29, 1.82) is 0 Å². The van der Waals surface area contributed by atoms with E-state index in [2.05, 4.69) is 10.6 Å². The van der Waals surface area contributed by atoms with Gasteiger partial charge in [0.25, 0.3) is 0 Å². The summed E-state index contributed by atoms with van der Waals surface area (Å²) in [4.78, 5) is 26.0. The topological polar surface area (TPSA) is 70.7 Å². The number of carbonyl (C=O) groups excluding carboxylic acids is 2. The predicted molar refractivity (Wildman–Crippen MR) is 107 cm³/mol. The zero-order valence-corrected chi connectivity index (χ0v) is 16.3. The highest BCUT2D eigenvalue weighted by Crippen LogP contribution is 2.30. The van der Waals surface area contributed by atoms with E-state index >= 15 is 0 Å². The molecule has 2 aromatic rings. The van der Waals surface area contributed by atoms with Gasteiger partial charge in [-0.3, -0.25) is 4.79 Å². The Bertz CT molecular complexity index is 883. The van der Waals surface area contributed by atoms with E-state index < -0.39 is 17.8 Å². The molecule has 1 fully saturated rings. The zero-order valence-electron chi connectivity index (χ0n) is 16.3. The molecule has 1 aliphatic rings. The summed E-state index contributed by atoms with van der Waals surface area (Å²) in [5, 5.41) is 5.15. The van der Waals surface area contributed by atoms with Crippen molar-refractivity contribution in [2.45, 2.75) is 19.5 Å². The monoisotopic (exact) mass is 421 g/mol. The third-order valence-corrected chi connectivity index (χ3v) is 4.69. The molecule has 3 amide bonds. The maximum absolute atomic E-state index is 12.6. The van der Waals surface area contributed by atoms with E-state index in [4.69, 9.17) is 4.74 Å². The number of hydrogen-bond acceptors (Lipinski definition) is 3. The molecule has 0 aromatic heterocycles. The van der Waals surface area contributed by atoms with Crippen molar-refractivity contribution in [2.75, 3.05) is 29.9 Å². The maximum atomic E-state index is 12.6. The molecule has 1 aliphatic heterocycles. The van der Waals surface area contributed by atoms with Gasteiger partial charge in [-0.2, -0.15) is 13.2 Å². The number of anilines is 2. The van der Waals surface area contributed by atoms with Crippen LogP contribution in [-0.4, -0.2) is 31.6 Å². The highest BCUT2D eigenvalue weighted by atomic mass is 19.4. The fourth-order valence-corrected chi connectivity index (χ4v) is 3.21. The normalized spacial score (nSPS) is 16.5. The fraction of sp³-hybridized carbons (Fsp3) is 0.333. The van der Waals surface area contributed by atoms with Crippen molar-refractivity contribution < 1.29 is 27.5 Å². The molecular formula is C21H22F3N3O3. The Morgan fingerprint density at radius 1 is 1.13 bits per heavy atom. The maximum Gasteiger partial charge on any atom is 0.416 e. The zero-order chi connectivity index (χ0) is 21.7. The number of alkyl halides is 3. The third-order valence-electron chi connectivity index (χ3n) is 4.69. The summed E-state index contributed by atoms with van der Waals surface area (Å²) in [6, 6.07) is 10.9. The Kier molecular flexibility index (Phi) is 6.49. The van der Waals surface area contributed by atoms with Crippen LogP contribution in [0.2, 0.25) is 0 Å². The number of urea groups is 1. The molecule has 0 saturated carbocycles. The van der Waals surface area contributed by atoms with Crippen molar-refractivity contribution in [3.05, 3.63) is 54.1 Å². The van der Waals surface area contributed by atoms with Gasteiger partial charge in [0.1, 0.15) is 5.75 Å². The molecule has 1 heterocycles. The van der Waals surface area contributed by atoms with Crippen molar-refractivity contribution in [1.82, 2.24) is 5.32 Å². The van der Waals surface area contributed by atoms with Crippen LogP contribution in [-0.2, 0) is 11.0 Å². The molecule has 9 heteroatoms. The van der Waals surface area contributed by atoms with Gasteiger partial charge in [0.05, 0.1) is 12.2 Å². The lowest BCUT2D eigenvalue weighted by molar-refractivity contribution is -0.137. The number of ether oxygens (including phenoxy) is 1. The second kappa shape index (κ2) is 9.06. The molecule has 0 spiro atoms. The molecule has 3 rings (SSSR count). The van der Waals surface area contributed by atoms with Crippen molar-refractivity contribution in [3.63, 3.8) is 0 Å². The summed E-state index contributed by atoms with van der Waals surface area (Å²) >= 11 is 0. The molecule has 0 unspecified atom stereocenters. The highest BCUT2D eigenvalue weighted by Gasteiger charge is 2.31. The SMILES string of the molecule is CCOc1ccc(N2C[C@H](CNC(=O)Nc3ccc(C(F)(F)F)cc3)CC2=O)cc1. The first kappa shape index (κ1) is 21.5. The number of nitrogens with zero attached hydrogens (tertiary/aromatic N) is 1. The number of benzene rings is 2. The number of nitrogens with one attached hydrogen (secondary N) is 2. The van der Waals surface area contributed by atoms with E-state index in [1.807, 2.05) is 19.1 Å². The van der Waals surface area contributed by atoms with Crippen LogP contribution in [0.15, 0.2) is 48.5 Å². The van der Waals surface area contributed by atoms with Gasteiger partial charge in [0, 0.05) is 36.8 Å². The van der Waals surface area contributed by atoms with Gasteiger partial charge in [-0.25, -0.2) is 4.79 Å². The van der Waals surface area contributed by atoms with Gasteiger partial charge >= 0.3 is 12.2 Å². The van der Waals surface area contributed by atoms with E-state index in [1.165, 1.54) is 12.1 Å². The van der Waals surface area contributed by atoms with E-state index in [-0.39, 0.29) is 24.1 Å². The van der Waals surface area contributed by atoms with Crippen molar-refractivity contribution in [3.8, 4) is 5.75 Å². The summed E-state index contributed by atoms with van der Waals surface area (Å²) in [7, 11) is 0. The molecule has 1 atom stereocenters. The minimum Gasteiger partial charge on any atom is -0.494 e. The number of halogens is 3. The smallest absolute Gasteiger partial charge is 0.416 e. The third kappa shape index (κ3) is 5.43. The summed E-state index contributed by atoms with van der Waals surface area (Å²) < 4.78 is 43.1. The van der Waals surface area contributed by atoms with Gasteiger partial charge in [0.15, 0.2) is 0 Å². The van der Waals surface area contributed by atoms with Crippen LogP contribution in [0.3, 0.4) is 0 Å². The van der Waals surface area contributed by atoms with Crippen LogP contribution in [0.25, 0.3) is 0 Å². The van der Waals surface area contributed by atoms with Crippen LogP contribution in [0, 0.1) is 5.92 Å². The van der Waals surface area contributed by atoms with E-state index in [0.29, 0.717) is 19.6 Å². The van der Waals surface area contributed by atoms with Gasteiger partial charge in [-0.05, 0) is 55.5 Å². The van der Waals surface area contributed by atoms with Crippen LogP contribution in [0.1, 0.15) is 18.9 Å². The molecule has 30 heavy (non-hydrogen) atoms. The predicted octanol–water partition coefficient (Wildman–Crippen LogP) is 4.28. The second-order valence-electron chi connectivity index (χ2n) is 6.91. The molecule has 0 bridgehead atoms. The summed E-state index contributed by atoms with van der Waals surface area (Å²) in [6.07, 6.45) is -4.13. The molecular weight excluding hydrogens is 399 g/mol. The quantitative estimate of drug-likeness (QED) is 0.732. The van der Waals surface area contributed by atoms with Crippen LogP contribution in [0.4, 0.5) is 29.3 Å². The Morgan fingerprint density at radius 3 is 2.40 bits per heavy atom. The van der Waals surface area contributed by atoms with Crippen LogP contribution >= 0.6 is 0 Å². The molecule has 2 aromatic carbocycles. The van der Waals surface area contributed by atoms with Crippen molar-refractivity contribution >= 4 is 23.3 Å². The first-order valence-corrected chi connectivity index (χ1v) is 9.51. The van der Waals surface area contributed by atoms with Gasteiger partial charge in [-0.1, -0.05) is 0 Å². The number of amides is 3. The molecule has 2 N–H and O–H groups in total. The van der Waals surface area contributed by atoms with Crippen LogP contribution < -0.4 is 20.3 Å². The lowest BCUT2D eigenvalue weighted by Crippen LogP contribution is -2.34. The Balaban J connectivity index is 1.49. The molecule has 0 radical (unpaired) electrons. The average Bonchev–Trinajstić information content (AvgIpc) is 3.08. The van der Waals surface area contributed by atoms with Gasteiger partial charge in [-0.15, -0.1) is 0 Å². The van der Waals surface area contributed by atoms with E-state index in [9.17, 15) is 22.8 Å². The lowest BCUT2D eigenvalue weighted by Gasteiger charge is -2.17. The highest BCUT2D eigenvalue weighted by molar-refractivity contribution is 5.96. The first-order chi connectivity index (χ1) is 14.3. The minimum atomic E-state index is -4.43. The molecule has 0 aliphatic carbocycles. The van der Waals surface area contributed by atoms with Gasteiger partial charge in [0.2, 0.25) is 5.91 Å². The number of hydrogen-bond donors (Lipinski definition) is 2. The Morgan fingerprint density at radius 2 is 1.80 bits per heavy atom. The average molecular weight is 421 g/mol. The Labute approximate surface area is 172 Å².